The molecule has 0 fully saturated rings. The third-order valence-corrected chi connectivity index (χ3v) is 5.46. The van der Waals surface area contributed by atoms with Crippen LogP contribution in [0, 0.1) is 0 Å². The molecular weight excluding hydrogens is 234 g/mol. The number of pyridine rings is 1. The molecule has 0 radical (unpaired) electrons. The summed E-state index contributed by atoms with van der Waals surface area (Å²) in [4.78, 5) is 0. The van der Waals surface area contributed by atoms with E-state index in [4.69, 9.17) is 13.3 Å². The largest absolute Gasteiger partial charge is 0.569 e. The Morgan fingerprint density at radius 1 is 1.12 bits per heavy atom. The van der Waals surface area contributed by atoms with E-state index in [1.807, 2.05) is 18.3 Å². The summed E-state index contributed by atoms with van der Waals surface area (Å²) < 4.78 is 18.5. The van der Waals surface area contributed by atoms with Crippen molar-refractivity contribution in [1.29, 1.82) is 0 Å². The highest BCUT2D eigenvalue weighted by molar-refractivity contribution is 6.58. The summed E-state index contributed by atoms with van der Waals surface area (Å²) in [5.74, 6) is 0.452. The van der Waals surface area contributed by atoms with Gasteiger partial charge in [-0.05, 0) is 0 Å². The van der Waals surface area contributed by atoms with E-state index >= 15 is 0 Å². The van der Waals surface area contributed by atoms with E-state index in [9.17, 15) is 0 Å². The van der Waals surface area contributed by atoms with Crippen molar-refractivity contribution in [2.45, 2.75) is 25.9 Å². The molecule has 0 aromatic carbocycles. The molecule has 0 bridgehead atoms. The molecule has 4 nitrogen and oxygen atoms in total. The molecule has 0 atom stereocenters. The van der Waals surface area contributed by atoms with E-state index in [2.05, 4.69) is 24.5 Å². The average Bonchev–Trinajstić information content (AvgIpc) is 2.36. The molecular formula is C12H22NO3Si+. The van der Waals surface area contributed by atoms with Gasteiger partial charge < -0.3 is 13.3 Å². The van der Waals surface area contributed by atoms with Crippen molar-refractivity contribution in [3.8, 4) is 0 Å². The van der Waals surface area contributed by atoms with Gasteiger partial charge in [0.25, 0.3) is 0 Å². The second kappa shape index (κ2) is 6.25. The minimum atomic E-state index is -2.57. The number of hydrogen-bond donors (Lipinski definition) is 0. The molecule has 1 aromatic heterocycles. The Morgan fingerprint density at radius 2 is 1.71 bits per heavy atom. The highest BCUT2D eigenvalue weighted by atomic mass is 28.4. The van der Waals surface area contributed by atoms with Crippen LogP contribution in [0.4, 0.5) is 0 Å². The van der Waals surface area contributed by atoms with Gasteiger partial charge in [0, 0.05) is 39.4 Å². The first kappa shape index (κ1) is 14.3. The maximum absolute atomic E-state index is 5.45. The normalized spacial score (nSPS) is 12.1. The van der Waals surface area contributed by atoms with Crippen LogP contribution in [0.15, 0.2) is 24.4 Å². The van der Waals surface area contributed by atoms with E-state index < -0.39 is 8.80 Å². The summed E-state index contributed by atoms with van der Waals surface area (Å²) in [6, 6.07) is 6.16. The average molecular weight is 256 g/mol. The molecule has 0 unspecified atom stereocenters. The summed E-state index contributed by atoms with van der Waals surface area (Å²) in [6.07, 6.45) is 2.67. The highest BCUT2D eigenvalue weighted by Crippen LogP contribution is 2.11. The Balaban J connectivity index is 3.01. The standard InChI is InChI=1S/C12H22NO3Si/c1-11(2)12-8-6-7-9-13(12)10-17(14-3,15-4)16-5/h6-9,11H,10H2,1-5H3/q+1. The van der Waals surface area contributed by atoms with E-state index in [0.717, 1.165) is 0 Å². The molecule has 0 aliphatic heterocycles. The molecule has 0 aliphatic rings. The van der Waals surface area contributed by atoms with E-state index in [0.29, 0.717) is 12.1 Å². The second-order valence-electron chi connectivity index (χ2n) is 4.20. The zero-order valence-electron chi connectivity index (χ0n) is 11.3. The zero-order chi connectivity index (χ0) is 12.9. The molecule has 1 aromatic rings. The molecule has 1 rings (SSSR count). The monoisotopic (exact) mass is 256 g/mol. The van der Waals surface area contributed by atoms with Crippen molar-refractivity contribution in [3.63, 3.8) is 0 Å². The summed E-state index contributed by atoms with van der Waals surface area (Å²) in [5.41, 5.74) is 1.25. The lowest BCUT2D eigenvalue weighted by Gasteiger charge is -2.22. The number of aromatic nitrogens is 1. The molecule has 0 spiro atoms. The fraction of sp³-hybridized carbons (Fsp3) is 0.583. The Kier molecular flexibility index (Phi) is 5.26. The first-order chi connectivity index (χ1) is 8.08. The Labute approximate surface area is 105 Å². The zero-order valence-corrected chi connectivity index (χ0v) is 12.3. The van der Waals surface area contributed by atoms with Gasteiger partial charge in [-0.3, -0.25) is 0 Å². The van der Waals surface area contributed by atoms with Gasteiger partial charge in [0.15, 0.2) is 11.9 Å². The molecule has 0 saturated carbocycles. The molecule has 17 heavy (non-hydrogen) atoms. The fourth-order valence-corrected chi connectivity index (χ4v) is 3.40. The van der Waals surface area contributed by atoms with Crippen molar-refractivity contribution < 1.29 is 17.8 Å². The predicted molar refractivity (Wildman–Crippen MR) is 67.5 cm³/mol. The minimum Gasteiger partial charge on any atom is -0.373 e. The van der Waals surface area contributed by atoms with Crippen LogP contribution in [-0.2, 0) is 19.4 Å². The van der Waals surface area contributed by atoms with Crippen molar-refractivity contribution in [2.75, 3.05) is 21.3 Å². The SMILES string of the molecule is CO[Si](C[n+]1ccccc1C(C)C)(OC)OC. The highest BCUT2D eigenvalue weighted by Gasteiger charge is 2.44. The summed E-state index contributed by atoms with van der Waals surface area (Å²) in [7, 11) is 2.34. The molecule has 0 amide bonds. The first-order valence-electron chi connectivity index (χ1n) is 5.72. The number of hydrogen-bond acceptors (Lipinski definition) is 3. The summed E-state index contributed by atoms with van der Waals surface area (Å²) in [6.45, 7) is 4.34. The van der Waals surface area contributed by atoms with E-state index in [1.54, 1.807) is 21.3 Å². The Hall–Kier alpha value is -0.753. The van der Waals surface area contributed by atoms with Gasteiger partial charge in [-0.1, -0.05) is 19.9 Å². The predicted octanol–water partition coefficient (Wildman–Crippen LogP) is 1.51. The molecule has 0 aliphatic carbocycles. The Morgan fingerprint density at radius 3 is 2.18 bits per heavy atom. The van der Waals surface area contributed by atoms with Crippen molar-refractivity contribution in [3.05, 3.63) is 30.1 Å². The van der Waals surface area contributed by atoms with Gasteiger partial charge in [0.05, 0.1) is 0 Å². The lowest BCUT2D eigenvalue weighted by Crippen LogP contribution is -2.57. The molecule has 0 N–H and O–H groups in total. The van der Waals surface area contributed by atoms with Gasteiger partial charge in [0.2, 0.25) is 6.17 Å². The van der Waals surface area contributed by atoms with E-state index in [1.165, 1.54) is 5.69 Å². The van der Waals surface area contributed by atoms with Gasteiger partial charge in [-0.15, -0.1) is 0 Å². The minimum absolute atomic E-state index is 0.452. The van der Waals surface area contributed by atoms with Gasteiger partial charge in [0.1, 0.15) is 0 Å². The first-order valence-corrected chi connectivity index (χ1v) is 7.65. The van der Waals surface area contributed by atoms with Crippen molar-refractivity contribution in [1.82, 2.24) is 0 Å². The molecule has 5 heteroatoms. The quantitative estimate of drug-likeness (QED) is 0.571. The smallest absolute Gasteiger partial charge is 0.373 e. The van der Waals surface area contributed by atoms with Crippen LogP contribution in [0.5, 0.6) is 0 Å². The van der Waals surface area contributed by atoms with Crippen LogP contribution >= 0.6 is 0 Å². The van der Waals surface area contributed by atoms with Crippen LogP contribution in [0.25, 0.3) is 0 Å². The van der Waals surface area contributed by atoms with Crippen LogP contribution < -0.4 is 4.57 Å². The van der Waals surface area contributed by atoms with Crippen molar-refractivity contribution >= 4 is 8.80 Å². The van der Waals surface area contributed by atoms with Crippen LogP contribution in [0.2, 0.25) is 0 Å². The Bertz CT molecular complexity index is 345. The van der Waals surface area contributed by atoms with Crippen LogP contribution in [0.1, 0.15) is 25.5 Å². The lowest BCUT2D eigenvalue weighted by atomic mass is 10.1. The fourth-order valence-electron chi connectivity index (χ4n) is 1.81. The summed E-state index contributed by atoms with van der Waals surface area (Å²) >= 11 is 0. The topological polar surface area (TPSA) is 31.6 Å². The second-order valence-corrected chi connectivity index (χ2v) is 7.11. The summed E-state index contributed by atoms with van der Waals surface area (Å²) in [5, 5.41) is 0. The molecule has 0 saturated heterocycles. The molecule has 1 heterocycles. The van der Waals surface area contributed by atoms with Gasteiger partial charge in [-0.25, -0.2) is 0 Å². The maximum Gasteiger partial charge on any atom is 0.569 e. The molecule has 96 valence electrons. The van der Waals surface area contributed by atoms with Crippen LogP contribution in [-0.4, -0.2) is 30.1 Å². The van der Waals surface area contributed by atoms with Gasteiger partial charge >= 0.3 is 8.80 Å². The third kappa shape index (κ3) is 3.35. The van der Waals surface area contributed by atoms with Gasteiger partial charge in [-0.2, -0.15) is 4.57 Å². The number of nitrogens with zero attached hydrogens (tertiary/aromatic N) is 1. The third-order valence-electron chi connectivity index (χ3n) is 2.86. The van der Waals surface area contributed by atoms with E-state index in [-0.39, 0.29) is 0 Å². The van der Waals surface area contributed by atoms with Crippen LogP contribution in [0.3, 0.4) is 0 Å². The maximum atomic E-state index is 5.45. The lowest BCUT2D eigenvalue weighted by molar-refractivity contribution is -0.693. The number of rotatable bonds is 6. The van der Waals surface area contributed by atoms with Crippen molar-refractivity contribution in [2.24, 2.45) is 0 Å².